The molecule has 3 heterocycles. The van der Waals surface area contributed by atoms with Gasteiger partial charge in [-0.25, -0.2) is 0 Å². The number of amides is 3. The third-order valence-electron chi connectivity index (χ3n) is 6.16. The van der Waals surface area contributed by atoms with Crippen molar-refractivity contribution < 1.29 is 23.9 Å². The number of hydrogen-bond acceptors (Lipinski definition) is 5. The van der Waals surface area contributed by atoms with Crippen LogP contribution in [0.5, 0.6) is 11.5 Å². The number of likely N-dealkylation sites (tertiary alicyclic amines) is 2. The topological polar surface area (TPSA) is 76.2 Å². The number of imide groups is 1. The van der Waals surface area contributed by atoms with Gasteiger partial charge >= 0.3 is 0 Å². The first-order valence-corrected chi connectivity index (χ1v) is 10.7. The molecule has 0 aliphatic carbocycles. The molecule has 0 unspecified atom stereocenters. The molecule has 160 valence electrons. The van der Waals surface area contributed by atoms with Gasteiger partial charge in [-0.15, -0.1) is 0 Å². The summed E-state index contributed by atoms with van der Waals surface area (Å²) in [4.78, 5) is 40.1. The summed E-state index contributed by atoms with van der Waals surface area (Å²) in [5, 5.41) is 0. The van der Waals surface area contributed by atoms with E-state index in [2.05, 4.69) is 0 Å². The van der Waals surface area contributed by atoms with Crippen LogP contribution in [0.3, 0.4) is 0 Å². The Morgan fingerprint density at radius 2 is 1.65 bits per heavy atom. The summed E-state index contributed by atoms with van der Waals surface area (Å²) in [5.74, 6) is 1.20. The number of benzene rings is 2. The third-order valence-corrected chi connectivity index (χ3v) is 6.16. The fraction of sp³-hybridized carbons (Fsp3) is 0.375. The van der Waals surface area contributed by atoms with E-state index in [-0.39, 0.29) is 43.1 Å². The maximum absolute atomic E-state index is 13.2. The lowest BCUT2D eigenvalue weighted by molar-refractivity contribution is -0.139. The quantitative estimate of drug-likeness (QED) is 0.711. The van der Waals surface area contributed by atoms with Gasteiger partial charge in [0.2, 0.25) is 11.8 Å². The molecule has 0 radical (unpaired) electrons. The monoisotopic (exact) mass is 420 g/mol. The molecule has 2 saturated heterocycles. The van der Waals surface area contributed by atoms with Crippen molar-refractivity contribution in [2.75, 3.05) is 19.8 Å². The zero-order chi connectivity index (χ0) is 21.4. The van der Waals surface area contributed by atoms with E-state index < -0.39 is 0 Å². The van der Waals surface area contributed by atoms with Crippen LogP contribution in [-0.2, 0) is 16.1 Å². The minimum atomic E-state index is -0.135. The lowest BCUT2D eigenvalue weighted by Crippen LogP contribution is -2.31. The van der Waals surface area contributed by atoms with Gasteiger partial charge < -0.3 is 14.4 Å². The van der Waals surface area contributed by atoms with Gasteiger partial charge in [-0.1, -0.05) is 18.2 Å². The molecule has 2 aromatic rings. The summed E-state index contributed by atoms with van der Waals surface area (Å²) >= 11 is 0. The smallest absolute Gasteiger partial charge is 0.254 e. The highest BCUT2D eigenvalue weighted by molar-refractivity contribution is 6.01. The standard InChI is InChI=1S/C24H24N2O5/c27-22-9-10-23(28)26(22)15-16-3-5-17(6-4-16)24(29)25-11-1-2-19(25)18-7-8-20-21(14-18)31-13-12-30-20/h3-8,14,19H,1-2,9-13,15H2/t19-/m0/s1. The van der Waals surface area contributed by atoms with Crippen LogP contribution < -0.4 is 9.47 Å². The highest BCUT2D eigenvalue weighted by Gasteiger charge is 2.32. The van der Waals surface area contributed by atoms with Crippen LogP contribution in [0.25, 0.3) is 0 Å². The highest BCUT2D eigenvalue weighted by atomic mass is 16.6. The summed E-state index contributed by atoms with van der Waals surface area (Å²) in [6.07, 6.45) is 2.42. The Morgan fingerprint density at radius 3 is 2.39 bits per heavy atom. The Morgan fingerprint density at radius 1 is 0.935 bits per heavy atom. The average molecular weight is 420 g/mol. The van der Waals surface area contributed by atoms with Crippen molar-refractivity contribution in [3.63, 3.8) is 0 Å². The summed E-state index contributed by atoms with van der Waals surface area (Å²) in [6.45, 7) is 2.05. The maximum Gasteiger partial charge on any atom is 0.254 e. The normalized spacial score (nSPS) is 20.5. The average Bonchev–Trinajstić information content (AvgIpc) is 3.41. The van der Waals surface area contributed by atoms with E-state index in [0.29, 0.717) is 25.3 Å². The zero-order valence-electron chi connectivity index (χ0n) is 17.2. The van der Waals surface area contributed by atoms with Crippen LogP contribution in [0.15, 0.2) is 42.5 Å². The molecule has 0 bridgehead atoms. The van der Waals surface area contributed by atoms with Crippen molar-refractivity contribution in [2.45, 2.75) is 38.3 Å². The molecule has 5 rings (SSSR count). The number of rotatable bonds is 4. The minimum absolute atomic E-state index is 0.00264. The molecule has 2 aromatic carbocycles. The van der Waals surface area contributed by atoms with Crippen molar-refractivity contribution in [1.29, 1.82) is 0 Å². The Kier molecular flexibility index (Phi) is 5.10. The fourth-order valence-electron chi connectivity index (χ4n) is 4.52. The highest BCUT2D eigenvalue weighted by Crippen LogP contribution is 2.38. The molecular formula is C24H24N2O5. The molecule has 3 aliphatic heterocycles. The van der Waals surface area contributed by atoms with Crippen molar-refractivity contribution in [1.82, 2.24) is 9.80 Å². The van der Waals surface area contributed by atoms with Gasteiger partial charge in [0.15, 0.2) is 11.5 Å². The van der Waals surface area contributed by atoms with E-state index in [1.807, 2.05) is 35.2 Å². The second kappa shape index (κ2) is 8.06. The zero-order valence-corrected chi connectivity index (χ0v) is 17.2. The summed E-state index contributed by atoms with van der Waals surface area (Å²) in [7, 11) is 0. The van der Waals surface area contributed by atoms with E-state index in [0.717, 1.165) is 35.5 Å². The van der Waals surface area contributed by atoms with Crippen molar-refractivity contribution in [3.8, 4) is 11.5 Å². The number of hydrogen-bond donors (Lipinski definition) is 0. The van der Waals surface area contributed by atoms with Gasteiger partial charge in [0.1, 0.15) is 13.2 Å². The van der Waals surface area contributed by atoms with Crippen molar-refractivity contribution in [3.05, 3.63) is 59.2 Å². The Hall–Kier alpha value is -3.35. The molecule has 0 spiro atoms. The van der Waals surface area contributed by atoms with Crippen LogP contribution in [0, 0.1) is 0 Å². The van der Waals surface area contributed by atoms with Crippen LogP contribution in [0.4, 0.5) is 0 Å². The molecular weight excluding hydrogens is 396 g/mol. The Balaban J connectivity index is 1.31. The predicted molar refractivity (Wildman–Crippen MR) is 112 cm³/mol. The largest absolute Gasteiger partial charge is 0.486 e. The first-order valence-electron chi connectivity index (χ1n) is 10.7. The summed E-state index contributed by atoms with van der Waals surface area (Å²) in [6, 6.07) is 13.1. The molecule has 3 aliphatic rings. The number of ether oxygens (including phenoxy) is 2. The van der Waals surface area contributed by atoms with E-state index >= 15 is 0 Å². The third kappa shape index (κ3) is 3.76. The number of carbonyl (C=O) groups excluding carboxylic acids is 3. The van der Waals surface area contributed by atoms with Crippen LogP contribution >= 0.6 is 0 Å². The number of carbonyl (C=O) groups is 3. The van der Waals surface area contributed by atoms with Gasteiger partial charge in [0.05, 0.1) is 12.6 Å². The fourth-order valence-corrected chi connectivity index (χ4v) is 4.52. The first kappa shape index (κ1) is 19.6. The molecule has 7 nitrogen and oxygen atoms in total. The summed E-state index contributed by atoms with van der Waals surface area (Å²) < 4.78 is 11.3. The van der Waals surface area contributed by atoms with E-state index in [1.54, 1.807) is 12.1 Å². The molecule has 7 heteroatoms. The van der Waals surface area contributed by atoms with Crippen LogP contribution in [0.2, 0.25) is 0 Å². The van der Waals surface area contributed by atoms with Crippen molar-refractivity contribution in [2.24, 2.45) is 0 Å². The molecule has 3 amide bonds. The SMILES string of the molecule is O=C1CCC(=O)N1Cc1ccc(C(=O)N2CCC[C@H]2c2ccc3c(c2)OCCO3)cc1. The molecule has 0 N–H and O–H groups in total. The minimum Gasteiger partial charge on any atom is -0.486 e. The first-order chi connectivity index (χ1) is 15.1. The van der Waals surface area contributed by atoms with Gasteiger partial charge in [0, 0.05) is 24.9 Å². The van der Waals surface area contributed by atoms with Gasteiger partial charge in [-0.3, -0.25) is 19.3 Å². The number of nitrogens with zero attached hydrogens (tertiary/aromatic N) is 2. The van der Waals surface area contributed by atoms with Crippen molar-refractivity contribution >= 4 is 17.7 Å². The number of fused-ring (bicyclic) bond motifs is 1. The van der Waals surface area contributed by atoms with Gasteiger partial charge in [-0.05, 0) is 48.2 Å². The van der Waals surface area contributed by atoms with Crippen LogP contribution in [0.1, 0.15) is 53.2 Å². The predicted octanol–water partition coefficient (Wildman–Crippen LogP) is 3.08. The maximum atomic E-state index is 13.2. The van der Waals surface area contributed by atoms with E-state index in [4.69, 9.17) is 9.47 Å². The molecule has 1 atom stereocenters. The van der Waals surface area contributed by atoms with E-state index in [9.17, 15) is 14.4 Å². The lowest BCUT2D eigenvalue weighted by Gasteiger charge is -2.27. The molecule has 0 aromatic heterocycles. The molecule has 2 fully saturated rings. The molecule has 0 saturated carbocycles. The second-order valence-corrected chi connectivity index (χ2v) is 8.13. The van der Waals surface area contributed by atoms with Gasteiger partial charge in [-0.2, -0.15) is 0 Å². The lowest BCUT2D eigenvalue weighted by atomic mass is 10.0. The Bertz CT molecular complexity index is 1020. The Labute approximate surface area is 180 Å². The van der Waals surface area contributed by atoms with Crippen LogP contribution in [-0.4, -0.2) is 47.3 Å². The second-order valence-electron chi connectivity index (χ2n) is 8.13. The van der Waals surface area contributed by atoms with E-state index in [1.165, 1.54) is 4.90 Å². The molecule has 31 heavy (non-hydrogen) atoms. The van der Waals surface area contributed by atoms with Gasteiger partial charge in [0.25, 0.3) is 5.91 Å². The summed E-state index contributed by atoms with van der Waals surface area (Å²) in [5.41, 5.74) is 2.50.